The van der Waals surface area contributed by atoms with Crippen molar-refractivity contribution in [3.05, 3.63) is 61.6 Å². The van der Waals surface area contributed by atoms with E-state index in [4.69, 9.17) is 16.3 Å². The van der Waals surface area contributed by atoms with Crippen LogP contribution in [0.3, 0.4) is 0 Å². The molecule has 0 aliphatic carbocycles. The first-order valence-electron chi connectivity index (χ1n) is 5.98. The van der Waals surface area contributed by atoms with Crippen LogP contribution in [0, 0.1) is 10.1 Å². The van der Waals surface area contributed by atoms with Gasteiger partial charge < -0.3 is 9.84 Å². The zero-order chi connectivity index (χ0) is 15.6. The van der Waals surface area contributed by atoms with Crippen LogP contribution < -0.4 is 4.74 Å². The number of non-ortho nitro benzene ring substituents is 1. The molecule has 0 spiro atoms. The fourth-order valence-corrected chi connectivity index (χ4v) is 2.22. The molecule has 5 nitrogen and oxygen atoms in total. The van der Waals surface area contributed by atoms with Crippen molar-refractivity contribution in [1.29, 1.82) is 0 Å². The lowest BCUT2D eigenvalue weighted by Crippen LogP contribution is -1.94. The average Bonchev–Trinajstić information content (AvgIpc) is 2.42. The molecule has 2 aromatic rings. The lowest BCUT2D eigenvalue weighted by molar-refractivity contribution is -0.384. The lowest BCUT2D eigenvalue weighted by atomic mass is 10.1. The molecule has 1 N–H and O–H groups in total. The second-order valence-corrected chi connectivity index (χ2v) is 5.60. The smallest absolute Gasteiger partial charge is 0.273 e. The van der Waals surface area contributed by atoms with Gasteiger partial charge in [0.2, 0.25) is 0 Å². The van der Waals surface area contributed by atoms with Crippen LogP contribution >= 0.6 is 27.5 Å². The summed E-state index contributed by atoms with van der Waals surface area (Å²) >= 11 is 9.36. The van der Waals surface area contributed by atoms with Crippen molar-refractivity contribution in [2.45, 2.75) is 13.0 Å². The number of hydrogen-bond donors (Lipinski definition) is 1. The van der Waals surface area contributed by atoms with Gasteiger partial charge in [0, 0.05) is 6.07 Å². The van der Waals surface area contributed by atoms with Gasteiger partial charge in [0.1, 0.15) is 11.5 Å². The number of rotatable bonds is 4. The summed E-state index contributed by atoms with van der Waals surface area (Å²) in [6, 6.07) is 9.09. The Kier molecular flexibility index (Phi) is 4.82. The van der Waals surface area contributed by atoms with E-state index in [0.717, 1.165) is 0 Å². The summed E-state index contributed by atoms with van der Waals surface area (Å²) in [6.07, 6.45) is -0.638. The molecule has 0 fully saturated rings. The molecule has 0 aromatic heterocycles. The normalized spacial score (nSPS) is 12.0. The predicted octanol–water partition coefficient (Wildman–Crippen LogP) is 4.86. The molecule has 2 aromatic carbocycles. The Morgan fingerprint density at radius 3 is 2.57 bits per heavy atom. The zero-order valence-corrected chi connectivity index (χ0v) is 13.3. The number of ether oxygens (including phenoxy) is 1. The minimum absolute atomic E-state index is 0.0788. The Morgan fingerprint density at radius 2 is 2.00 bits per heavy atom. The van der Waals surface area contributed by atoms with E-state index in [0.29, 0.717) is 20.8 Å². The fraction of sp³-hybridized carbons (Fsp3) is 0.143. The van der Waals surface area contributed by atoms with E-state index >= 15 is 0 Å². The van der Waals surface area contributed by atoms with Crippen LogP contribution in [-0.4, -0.2) is 10.0 Å². The molecule has 0 saturated carbocycles. The first-order chi connectivity index (χ1) is 9.88. The topological polar surface area (TPSA) is 72.6 Å². The highest BCUT2D eigenvalue weighted by molar-refractivity contribution is 9.10. The molecule has 0 saturated heterocycles. The van der Waals surface area contributed by atoms with Gasteiger partial charge in [-0.2, -0.15) is 0 Å². The maximum atomic E-state index is 10.8. The Labute approximate surface area is 134 Å². The summed E-state index contributed by atoms with van der Waals surface area (Å²) in [5.74, 6) is 0.637. The summed E-state index contributed by atoms with van der Waals surface area (Å²) in [5, 5.41) is 20.6. The molecule has 1 atom stereocenters. The Bertz CT molecular complexity index is 691. The molecular formula is C14H11BrClNO4. The van der Waals surface area contributed by atoms with Crippen molar-refractivity contribution in [1.82, 2.24) is 0 Å². The van der Waals surface area contributed by atoms with E-state index < -0.39 is 11.0 Å². The molecule has 0 aliphatic heterocycles. The Hall–Kier alpha value is -1.63. The Morgan fingerprint density at radius 1 is 1.29 bits per heavy atom. The maximum absolute atomic E-state index is 10.8. The van der Waals surface area contributed by atoms with Gasteiger partial charge in [0.15, 0.2) is 0 Å². The van der Waals surface area contributed by atoms with E-state index in [1.807, 2.05) is 0 Å². The number of nitrogens with zero attached hydrogens (tertiary/aromatic N) is 1. The van der Waals surface area contributed by atoms with E-state index in [1.54, 1.807) is 25.1 Å². The monoisotopic (exact) mass is 371 g/mol. The van der Waals surface area contributed by atoms with Crippen LogP contribution in [0.1, 0.15) is 18.6 Å². The fourth-order valence-electron chi connectivity index (χ4n) is 1.66. The van der Waals surface area contributed by atoms with Crippen molar-refractivity contribution >= 4 is 33.2 Å². The number of halogens is 2. The molecule has 0 unspecified atom stereocenters. The molecule has 0 radical (unpaired) electrons. The van der Waals surface area contributed by atoms with Gasteiger partial charge in [-0.3, -0.25) is 10.1 Å². The van der Waals surface area contributed by atoms with Crippen molar-refractivity contribution in [3.8, 4) is 11.5 Å². The van der Waals surface area contributed by atoms with Crippen molar-refractivity contribution in [2.75, 3.05) is 0 Å². The first-order valence-corrected chi connectivity index (χ1v) is 7.15. The summed E-state index contributed by atoms with van der Waals surface area (Å²) in [6.45, 7) is 1.63. The van der Waals surface area contributed by atoms with Crippen molar-refractivity contribution < 1.29 is 14.8 Å². The highest BCUT2D eigenvalue weighted by atomic mass is 79.9. The van der Waals surface area contributed by atoms with E-state index in [-0.39, 0.29) is 11.4 Å². The van der Waals surface area contributed by atoms with E-state index in [1.165, 1.54) is 18.2 Å². The highest BCUT2D eigenvalue weighted by Gasteiger charge is 2.13. The van der Waals surface area contributed by atoms with Crippen LogP contribution in [-0.2, 0) is 0 Å². The van der Waals surface area contributed by atoms with Crippen molar-refractivity contribution in [2.24, 2.45) is 0 Å². The van der Waals surface area contributed by atoms with Crippen molar-refractivity contribution in [3.63, 3.8) is 0 Å². The highest BCUT2D eigenvalue weighted by Crippen LogP contribution is 2.36. The largest absolute Gasteiger partial charge is 0.454 e. The average molecular weight is 373 g/mol. The SMILES string of the molecule is C[C@H](O)c1ccc(Oc2cc([N+](=O)[O-])ccc2Br)c(Cl)c1. The quantitative estimate of drug-likeness (QED) is 0.614. The van der Waals surface area contributed by atoms with Gasteiger partial charge in [-0.05, 0) is 46.6 Å². The number of nitro groups is 1. The van der Waals surface area contributed by atoms with Crippen LogP contribution in [0.5, 0.6) is 11.5 Å². The summed E-state index contributed by atoms with van der Waals surface area (Å²) in [4.78, 5) is 10.3. The number of nitro benzene ring substituents is 1. The molecule has 2 rings (SSSR count). The third-order valence-electron chi connectivity index (χ3n) is 2.78. The molecule has 0 bridgehead atoms. The number of benzene rings is 2. The summed E-state index contributed by atoms with van der Waals surface area (Å²) < 4.78 is 6.17. The molecule has 0 heterocycles. The van der Waals surface area contributed by atoms with Gasteiger partial charge >= 0.3 is 0 Å². The van der Waals surface area contributed by atoms with Gasteiger partial charge in [0.05, 0.1) is 26.6 Å². The standard InChI is InChI=1S/C14H11BrClNO4/c1-8(18)9-2-5-13(12(16)6-9)21-14-7-10(17(19)20)3-4-11(14)15/h2-8,18H,1H3/t8-/m0/s1. The second-order valence-electron chi connectivity index (χ2n) is 4.34. The number of aliphatic hydroxyl groups is 1. The maximum Gasteiger partial charge on any atom is 0.273 e. The lowest BCUT2D eigenvalue weighted by Gasteiger charge is -2.11. The summed E-state index contributed by atoms with van der Waals surface area (Å²) in [5.41, 5.74) is 0.579. The second kappa shape index (κ2) is 6.43. The van der Waals surface area contributed by atoms with Crippen LogP contribution in [0.15, 0.2) is 40.9 Å². The molecule has 110 valence electrons. The first kappa shape index (κ1) is 15.8. The van der Waals surface area contributed by atoms with Crippen LogP contribution in [0.4, 0.5) is 5.69 Å². The van der Waals surface area contributed by atoms with Gasteiger partial charge in [-0.25, -0.2) is 0 Å². The van der Waals surface area contributed by atoms with E-state index in [9.17, 15) is 15.2 Å². The Balaban J connectivity index is 2.34. The van der Waals surface area contributed by atoms with Gasteiger partial charge in [-0.15, -0.1) is 0 Å². The predicted molar refractivity (Wildman–Crippen MR) is 83.0 cm³/mol. The number of aliphatic hydroxyl groups excluding tert-OH is 1. The molecule has 0 aliphatic rings. The number of hydrogen-bond acceptors (Lipinski definition) is 4. The zero-order valence-electron chi connectivity index (χ0n) is 10.9. The molecule has 0 amide bonds. The van der Waals surface area contributed by atoms with Gasteiger partial charge in [-0.1, -0.05) is 17.7 Å². The molecule has 21 heavy (non-hydrogen) atoms. The summed E-state index contributed by atoms with van der Waals surface area (Å²) in [7, 11) is 0. The molecular weight excluding hydrogens is 362 g/mol. The molecule has 7 heteroatoms. The van der Waals surface area contributed by atoms with E-state index in [2.05, 4.69) is 15.9 Å². The van der Waals surface area contributed by atoms with Crippen LogP contribution in [0.2, 0.25) is 5.02 Å². The third kappa shape index (κ3) is 3.72. The minimum atomic E-state index is -0.638. The minimum Gasteiger partial charge on any atom is -0.454 e. The van der Waals surface area contributed by atoms with Gasteiger partial charge in [0.25, 0.3) is 5.69 Å². The third-order valence-corrected chi connectivity index (χ3v) is 3.73. The van der Waals surface area contributed by atoms with Crippen LogP contribution in [0.25, 0.3) is 0 Å².